The Bertz CT molecular complexity index is 632. The van der Waals surface area contributed by atoms with Crippen molar-refractivity contribution in [2.45, 2.75) is 13.5 Å². The highest BCUT2D eigenvalue weighted by Gasteiger charge is 2.09. The number of rotatable bonds is 4. The lowest BCUT2D eigenvalue weighted by Gasteiger charge is -2.07. The van der Waals surface area contributed by atoms with Crippen LogP contribution in [0.15, 0.2) is 34.9 Å². The average Bonchev–Trinajstić information content (AvgIpc) is 2.44. The largest absolute Gasteiger partial charge is 0.496 e. The van der Waals surface area contributed by atoms with Gasteiger partial charge in [-0.2, -0.15) is 0 Å². The van der Waals surface area contributed by atoms with Gasteiger partial charge in [-0.1, -0.05) is 0 Å². The van der Waals surface area contributed by atoms with Crippen molar-refractivity contribution in [3.8, 4) is 5.75 Å². The number of ether oxygens (including phenoxy) is 1. The topological polar surface area (TPSA) is 64.1 Å². The van der Waals surface area contributed by atoms with Gasteiger partial charge in [0.2, 0.25) is 0 Å². The molecule has 20 heavy (non-hydrogen) atoms. The van der Waals surface area contributed by atoms with Crippen LogP contribution < -0.4 is 10.1 Å². The molecule has 1 heterocycles. The number of hydrogen-bond donors (Lipinski definition) is 1. The van der Waals surface area contributed by atoms with Crippen LogP contribution in [0.5, 0.6) is 5.75 Å². The predicted octanol–water partition coefficient (Wildman–Crippen LogP) is 2.49. The molecule has 0 saturated carbocycles. The maximum atomic E-state index is 12.0. The molecule has 6 heteroatoms. The number of amides is 1. The molecule has 2 aromatic rings. The number of methoxy groups -OCH3 is 1. The molecule has 0 radical (unpaired) electrons. The number of nitrogens with zero attached hydrogens (tertiary/aromatic N) is 2. The summed E-state index contributed by atoms with van der Waals surface area (Å²) in [6, 6.07) is 6.95. The van der Waals surface area contributed by atoms with E-state index in [4.69, 9.17) is 4.74 Å². The van der Waals surface area contributed by atoms with E-state index < -0.39 is 0 Å². The van der Waals surface area contributed by atoms with E-state index in [1.165, 1.54) is 0 Å². The quantitative estimate of drug-likeness (QED) is 0.932. The van der Waals surface area contributed by atoms with E-state index in [2.05, 4.69) is 31.2 Å². The normalized spacial score (nSPS) is 10.2. The van der Waals surface area contributed by atoms with Gasteiger partial charge in [-0.25, -0.2) is 9.97 Å². The van der Waals surface area contributed by atoms with Crippen molar-refractivity contribution in [1.82, 2.24) is 15.3 Å². The van der Waals surface area contributed by atoms with Crippen LogP contribution in [0, 0.1) is 6.92 Å². The summed E-state index contributed by atoms with van der Waals surface area (Å²) in [5.74, 6) is 1.21. The smallest absolute Gasteiger partial charge is 0.251 e. The number of benzene rings is 1. The second kappa shape index (κ2) is 6.47. The Labute approximate surface area is 125 Å². The van der Waals surface area contributed by atoms with Crippen molar-refractivity contribution in [3.63, 3.8) is 0 Å². The van der Waals surface area contributed by atoms with Crippen LogP contribution >= 0.6 is 15.9 Å². The van der Waals surface area contributed by atoms with Crippen molar-refractivity contribution in [1.29, 1.82) is 0 Å². The SMILES string of the molecule is COc1ccc(C(=O)NCc2ccnc(C)n2)cc1Br. The number of carbonyl (C=O) groups excluding carboxylic acids is 1. The summed E-state index contributed by atoms with van der Waals surface area (Å²) in [7, 11) is 1.58. The summed E-state index contributed by atoms with van der Waals surface area (Å²) < 4.78 is 5.87. The zero-order valence-electron chi connectivity index (χ0n) is 11.2. The first-order chi connectivity index (χ1) is 9.60. The van der Waals surface area contributed by atoms with Crippen LogP contribution in [0.3, 0.4) is 0 Å². The van der Waals surface area contributed by atoms with E-state index in [9.17, 15) is 4.79 Å². The van der Waals surface area contributed by atoms with Crippen molar-refractivity contribution in [3.05, 3.63) is 52.0 Å². The average molecular weight is 336 g/mol. The molecular weight excluding hydrogens is 322 g/mol. The Hall–Kier alpha value is -1.95. The number of aromatic nitrogens is 2. The summed E-state index contributed by atoms with van der Waals surface area (Å²) >= 11 is 3.36. The molecule has 5 nitrogen and oxygen atoms in total. The molecule has 104 valence electrons. The summed E-state index contributed by atoms with van der Waals surface area (Å²) in [6.07, 6.45) is 1.67. The van der Waals surface area contributed by atoms with E-state index >= 15 is 0 Å². The van der Waals surface area contributed by atoms with E-state index in [1.807, 2.05) is 6.92 Å². The fourth-order valence-corrected chi connectivity index (χ4v) is 2.22. The summed E-state index contributed by atoms with van der Waals surface area (Å²) in [5.41, 5.74) is 1.34. The van der Waals surface area contributed by atoms with Crippen LogP contribution in [0.2, 0.25) is 0 Å². The molecule has 1 amide bonds. The van der Waals surface area contributed by atoms with Crippen molar-refractivity contribution >= 4 is 21.8 Å². The number of halogens is 1. The Morgan fingerprint density at radius 2 is 2.20 bits per heavy atom. The van der Waals surface area contributed by atoms with Gasteiger partial charge in [0, 0.05) is 11.8 Å². The van der Waals surface area contributed by atoms with Crippen LogP contribution in [-0.2, 0) is 6.54 Å². The summed E-state index contributed by atoms with van der Waals surface area (Å²) in [5, 5.41) is 2.82. The van der Waals surface area contributed by atoms with Gasteiger partial charge >= 0.3 is 0 Å². The molecule has 0 aliphatic carbocycles. The fraction of sp³-hybridized carbons (Fsp3) is 0.214. The third kappa shape index (κ3) is 3.54. The number of hydrogen-bond acceptors (Lipinski definition) is 4. The first-order valence-corrected chi connectivity index (χ1v) is 6.79. The molecule has 0 spiro atoms. The first kappa shape index (κ1) is 14.5. The Morgan fingerprint density at radius 3 is 2.85 bits per heavy atom. The first-order valence-electron chi connectivity index (χ1n) is 6.00. The zero-order chi connectivity index (χ0) is 14.5. The maximum Gasteiger partial charge on any atom is 0.251 e. The van der Waals surface area contributed by atoms with Gasteiger partial charge in [0.25, 0.3) is 5.91 Å². The van der Waals surface area contributed by atoms with Gasteiger partial charge in [0.1, 0.15) is 11.6 Å². The highest BCUT2D eigenvalue weighted by molar-refractivity contribution is 9.10. The molecule has 1 N–H and O–H groups in total. The third-order valence-corrected chi connectivity index (χ3v) is 3.30. The molecule has 0 unspecified atom stereocenters. The molecule has 0 fully saturated rings. The second-order valence-electron chi connectivity index (χ2n) is 4.13. The van der Waals surface area contributed by atoms with Crippen molar-refractivity contribution < 1.29 is 9.53 Å². The third-order valence-electron chi connectivity index (χ3n) is 2.68. The molecule has 0 aliphatic rings. The molecular formula is C14H14BrN3O2. The molecule has 0 aliphatic heterocycles. The fourth-order valence-electron chi connectivity index (χ4n) is 1.68. The lowest BCUT2D eigenvalue weighted by Crippen LogP contribution is -2.23. The van der Waals surface area contributed by atoms with Crippen LogP contribution in [0.25, 0.3) is 0 Å². The van der Waals surface area contributed by atoms with Crippen LogP contribution in [0.1, 0.15) is 21.9 Å². The van der Waals surface area contributed by atoms with Crippen molar-refractivity contribution in [2.75, 3.05) is 7.11 Å². The van der Waals surface area contributed by atoms with E-state index in [0.29, 0.717) is 23.7 Å². The Kier molecular flexibility index (Phi) is 4.68. The monoisotopic (exact) mass is 335 g/mol. The second-order valence-corrected chi connectivity index (χ2v) is 4.98. The highest BCUT2D eigenvalue weighted by atomic mass is 79.9. The zero-order valence-corrected chi connectivity index (χ0v) is 12.8. The van der Waals surface area contributed by atoms with Crippen LogP contribution in [0.4, 0.5) is 0 Å². The minimum atomic E-state index is -0.162. The minimum absolute atomic E-state index is 0.162. The Balaban J connectivity index is 2.03. The number of carbonyl (C=O) groups is 1. The number of nitrogens with one attached hydrogen (secondary N) is 1. The molecule has 1 aromatic heterocycles. The predicted molar refractivity (Wildman–Crippen MR) is 78.6 cm³/mol. The van der Waals surface area contributed by atoms with E-state index in [0.717, 1.165) is 10.2 Å². The molecule has 1 aromatic carbocycles. The minimum Gasteiger partial charge on any atom is -0.496 e. The molecule has 0 saturated heterocycles. The van der Waals surface area contributed by atoms with Gasteiger partial charge < -0.3 is 10.1 Å². The standard InChI is InChI=1S/C14H14BrN3O2/c1-9-16-6-5-11(18-9)8-17-14(19)10-3-4-13(20-2)12(15)7-10/h3-7H,8H2,1-2H3,(H,17,19). The number of aryl methyl sites for hydroxylation is 1. The lowest BCUT2D eigenvalue weighted by molar-refractivity contribution is 0.0950. The van der Waals surface area contributed by atoms with E-state index in [-0.39, 0.29) is 5.91 Å². The van der Waals surface area contributed by atoms with Gasteiger partial charge in [-0.3, -0.25) is 4.79 Å². The van der Waals surface area contributed by atoms with Gasteiger partial charge in [0.05, 0.1) is 23.8 Å². The summed E-state index contributed by atoms with van der Waals surface area (Å²) in [4.78, 5) is 20.3. The molecule has 0 bridgehead atoms. The van der Waals surface area contributed by atoms with Crippen molar-refractivity contribution in [2.24, 2.45) is 0 Å². The molecule has 2 rings (SSSR count). The molecule has 0 atom stereocenters. The van der Waals surface area contributed by atoms with Gasteiger partial charge in [0.15, 0.2) is 0 Å². The van der Waals surface area contributed by atoms with Gasteiger partial charge in [-0.05, 0) is 47.1 Å². The van der Waals surface area contributed by atoms with E-state index in [1.54, 1.807) is 37.6 Å². The van der Waals surface area contributed by atoms with Gasteiger partial charge in [-0.15, -0.1) is 0 Å². The Morgan fingerprint density at radius 1 is 1.40 bits per heavy atom. The summed E-state index contributed by atoms with van der Waals surface area (Å²) in [6.45, 7) is 2.18. The van der Waals surface area contributed by atoms with Crippen LogP contribution in [-0.4, -0.2) is 23.0 Å². The lowest BCUT2D eigenvalue weighted by atomic mass is 10.2. The highest BCUT2D eigenvalue weighted by Crippen LogP contribution is 2.25. The maximum absolute atomic E-state index is 12.0.